The van der Waals surface area contributed by atoms with Gasteiger partial charge >= 0.3 is 0 Å². The molecule has 18 heavy (non-hydrogen) atoms. The minimum absolute atomic E-state index is 0.221. The van der Waals surface area contributed by atoms with Crippen LogP contribution in [0.25, 0.3) is 0 Å². The van der Waals surface area contributed by atoms with Gasteiger partial charge in [0.1, 0.15) is 0 Å². The Labute approximate surface area is 119 Å². The van der Waals surface area contributed by atoms with Gasteiger partial charge in [-0.25, -0.2) is 8.42 Å². The Bertz CT molecular complexity index is 480. The number of benzene rings is 1. The van der Waals surface area contributed by atoms with Gasteiger partial charge < -0.3 is 0 Å². The summed E-state index contributed by atoms with van der Waals surface area (Å²) in [6.07, 6.45) is 1.40. The first kappa shape index (κ1) is 15.7. The second-order valence-corrected chi connectivity index (χ2v) is 8.14. The van der Waals surface area contributed by atoms with Gasteiger partial charge in [-0.3, -0.25) is 0 Å². The monoisotopic (exact) mass is 332 g/mol. The molecule has 4 heteroatoms. The van der Waals surface area contributed by atoms with Gasteiger partial charge in [0, 0.05) is 4.83 Å². The Balaban J connectivity index is 3.07. The van der Waals surface area contributed by atoms with Crippen molar-refractivity contribution in [2.24, 2.45) is 5.92 Å². The van der Waals surface area contributed by atoms with E-state index in [9.17, 15) is 8.42 Å². The lowest BCUT2D eigenvalue weighted by Crippen LogP contribution is -2.15. The highest BCUT2D eigenvalue weighted by Gasteiger charge is 2.19. The second-order valence-electron chi connectivity index (χ2n) is 4.89. The maximum atomic E-state index is 12.2. The summed E-state index contributed by atoms with van der Waals surface area (Å²) in [4.78, 5) is 0.799. The molecule has 0 aliphatic carbocycles. The SMILES string of the molecule is CCCS(=O)(=O)c1ccccc1CC(Br)C(C)C. The van der Waals surface area contributed by atoms with Crippen LogP contribution in [0.3, 0.4) is 0 Å². The molecule has 102 valence electrons. The summed E-state index contributed by atoms with van der Waals surface area (Å²) in [5.74, 6) is 0.700. The standard InChI is InChI=1S/C14H21BrO2S/c1-4-9-18(16,17)14-8-6-5-7-12(14)10-13(15)11(2)3/h5-8,11,13H,4,9-10H2,1-3H3. The van der Waals surface area contributed by atoms with Crippen molar-refractivity contribution in [3.05, 3.63) is 29.8 Å². The van der Waals surface area contributed by atoms with Crippen LogP contribution in [-0.2, 0) is 16.3 Å². The van der Waals surface area contributed by atoms with Gasteiger partial charge in [-0.1, -0.05) is 54.9 Å². The molecule has 0 heterocycles. The maximum absolute atomic E-state index is 12.2. The van der Waals surface area contributed by atoms with Crippen molar-refractivity contribution in [2.75, 3.05) is 5.75 Å². The average molecular weight is 333 g/mol. The lowest BCUT2D eigenvalue weighted by molar-refractivity contribution is 0.587. The number of sulfone groups is 1. The molecule has 0 saturated heterocycles. The minimum atomic E-state index is -3.13. The van der Waals surface area contributed by atoms with Crippen molar-refractivity contribution in [2.45, 2.75) is 43.3 Å². The molecule has 0 bridgehead atoms. The fourth-order valence-electron chi connectivity index (χ4n) is 1.80. The molecule has 0 N–H and O–H groups in total. The second kappa shape index (κ2) is 6.71. The van der Waals surface area contributed by atoms with Crippen LogP contribution in [0.15, 0.2) is 29.2 Å². The zero-order chi connectivity index (χ0) is 13.8. The maximum Gasteiger partial charge on any atom is 0.178 e. The predicted molar refractivity (Wildman–Crippen MR) is 80.0 cm³/mol. The van der Waals surface area contributed by atoms with Gasteiger partial charge in [0.2, 0.25) is 0 Å². The van der Waals surface area contributed by atoms with Gasteiger partial charge in [0.25, 0.3) is 0 Å². The molecule has 1 unspecified atom stereocenters. The third-order valence-electron chi connectivity index (χ3n) is 2.92. The highest BCUT2D eigenvalue weighted by molar-refractivity contribution is 9.09. The first-order chi connectivity index (χ1) is 8.38. The van der Waals surface area contributed by atoms with Crippen LogP contribution >= 0.6 is 15.9 Å². The average Bonchev–Trinajstić information content (AvgIpc) is 2.29. The van der Waals surface area contributed by atoms with E-state index in [1.165, 1.54) is 0 Å². The number of rotatable bonds is 6. The lowest BCUT2D eigenvalue weighted by Gasteiger charge is -2.16. The van der Waals surface area contributed by atoms with Crippen LogP contribution in [0.5, 0.6) is 0 Å². The van der Waals surface area contributed by atoms with Gasteiger partial charge in [0.15, 0.2) is 9.84 Å². The number of alkyl halides is 1. The molecular weight excluding hydrogens is 312 g/mol. The van der Waals surface area contributed by atoms with Crippen LogP contribution in [-0.4, -0.2) is 19.0 Å². The summed E-state index contributed by atoms with van der Waals surface area (Å²) < 4.78 is 24.4. The molecule has 0 spiro atoms. The van der Waals surface area contributed by atoms with Gasteiger partial charge in [0.05, 0.1) is 10.6 Å². The third-order valence-corrected chi connectivity index (χ3v) is 6.31. The van der Waals surface area contributed by atoms with Crippen molar-refractivity contribution in [3.63, 3.8) is 0 Å². The van der Waals surface area contributed by atoms with E-state index in [4.69, 9.17) is 0 Å². The largest absolute Gasteiger partial charge is 0.224 e. The summed E-state index contributed by atoms with van der Waals surface area (Å²) in [6.45, 7) is 6.15. The lowest BCUT2D eigenvalue weighted by atomic mass is 10.0. The highest BCUT2D eigenvalue weighted by atomic mass is 79.9. The molecule has 0 amide bonds. The van der Waals surface area contributed by atoms with E-state index in [1.807, 2.05) is 19.1 Å². The van der Waals surface area contributed by atoms with E-state index >= 15 is 0 Å². The summed E-state index contributed by atoms with van der Waals surface area (Å²) >= 11 is 3.62. The van der Waals surface area contributed by atoms with E-state index in [1.54, 1.807) is 12.1 Å². The molecule has 0 aliphatic heterocycles. The van der Waals surface area contributed by atoms with Crippen molar-refractivity contribution >= 4 is 25.8 Å². The van der Waals surface area contributed by atoms with E-state index < -0.39 is 9.84 Å². The first-order valence-electron chi connectivity index (χ1n) is 6.33. The van der Waals surface area contributed by atoms with E-state index in [2.05, 4.69) is 29.8 Å². The Morgan fingerprint density at radius 1 is 1.22 bits per heavy atom. The molecule has 0 saturated carbocycles. The molecule has 1 aromatic carbocycles. The normalized spacial score (nSPS) is 13.8. The summed E-state index contributed by atoms with van der Waals surface area (Å²) in [5.41, 5.74) is 0.918. The minimum Gasteiger partial charge on any atom is -0.224 e. The van der Waals surface area contributed by atoms with Crippen LogP contribution in [0.1, 0.15) is 32.8 Å². The smallest absolute Gasteiger partial charge is 0.178 e. The molecular formula is C14H21BrO2S. The molecule has 0 aromatic heterocycles. The highest BCUT2D eigenvalue weighted by Crippen LogP contribution is 2.24. The van der Waals surface area contributed by atoms with E-state index in [-0.39, 0.29) is 5.75 Å². The van der Waals surface area contributed by atoms with Crippen molar-refractivity contribution in [1.29, 1.82) is 0 Å². The fraction of sp³-hybridized carbons (Fsp3) is 0.571. The Hall–Kier alpha value is -0.350. The predicted octanol–water partition coefficient (Wildman–Crippen LogP) is 3.83. The molecule has 0 radical (unpaired) electrons. The third kappa shape index (κ3) is 4.09. The van der Waals surface area contributed by atoms with Gasteiger partial charge in [-0.05, 0) is 30.4 Å². The summed E-state index contributed by atoms with van der Waals surface area (Å²) in [5, 5.41) is 0. The molecule has 1 atom stereocenters. The number of hydrogen-bond donors (Lipinski definition) is 0. The Kier molecular flexibility index (Phi) is 5.86. The zero-order valence-electron chi connectivity index (χ0n) is 11.2. The molecule has 1 rings (SSSR count). The Morgan fingerprint density at radius 3 is 2.39 bits per heavy atom. The van der Waals surface area contributed by atoms with Crippen molar-refractivity contribution in [3.8, 4) is 0 Å². The number of hydrogen-bond acceptors (Lipinski definition) is 2. The van der Waals surface area contributed by atoms with Crippen molar-refractivity contribution in [1.82, 2.24) is 0 Å². The van der Waals surface area contributed by atoms with E-state index in [0.29, 0.717) is 22.1 Å². The van der Waals surface area contributed by atoms with Gasteiger partial charge in [-0.15, -0.1) is 0 Å². The quantitative estimate of drug-likeness (QED) is 0.742. The van der Waals surface area contributed by atoms with E-state index in [0.717, 1.165) is 12.0 Å². The zero-order valence-corrected chi connectivity index (χ0v) is 13.6. The van der Waals surface area contributed by atoms with Crippen molar-refractivity contribution < 1.29 is 8.42 Å². The van der Waals surface area contributed by atoms with Crippen LogP contribution in [0.2, 0.25) is 0 Å². The Morgan fingerprint density at radius 2 is 1.83 bits per heavy atom. The van der Waals surface area contributed by atoms with Gasteiger partial charge in [-0.2, -0.15) is 0 Å². The molecule has 1 aromatic rings. The molecule has 0 aliphatic rings. The summed E-state index contributed by atoms with van der Waals surface area (Å²) in [7, 11) is -3.13. The van der Waals surface area contributed by atoms with Crippen LogP contribution < -0.4 is 0 Å². The summed E-state index contributed by atoms with van der Waals surface area (Å²) in [6, 6.07) is 7.34. The fourth-order valence-corrected chi connectivity index (χ4v) is 3.74. The molecule has 0 fully saturated rings. The number of halogens is 1. The van der Waals surface area contributed by atoms with Crippen LogP contribution in [0.4, 0.5) is 0 Å². The topological polar surface area (TPSA) is 34.1 Å². The first-order valence-corrected chi connectivity index (χ1v) is 8.90. The van der Waals surface area contributed by atoms with Crippen LogP contribution in [0, 0.1) is 5.92 Å². The molecule has 2 nitrogen and oxygen atoms in total.